The second-order valence-electron chi connectivity index (χ2n) is 5.02. The summed E-state index contributed by atoms with van der Waals surface area (Å²) in [6.45, 7) is 6.87. The second kappa shape index (κ2) is 7.66. The van der Waals surface area contributed by atoms with Gasteiger partial charge in [-0.25, -0.2) is 13.1 Å². The van der Waals surface area contributed by atoms with Gasteiger partial charge in [0.25, 0.3) is 0 Å². The monoisotopic (exact) mass is 333 g/mol. The molecule has 0 spiro atoms. The van der Waals surface area contributed by atoms with E-state index in [1.807, 2.05) is 14.0 Å². The van der Waals surface area contributed by atoms with E-state index in [4.69, 9.17) is 4.74 Å². The van der Waals surface area contributed by atoms with Crippen molar-refractivity contribution in [2.24, 2.45) is 0 Å². The normalized spacial score (nSPS) is 17.2. The Balaban J connectivity index is 1.91. The highest BCUT2D eigenvalue weighted by atomic mass is 32.2. The molecule has 2 heterocycles. The Morgan fingerprint density at radius 2 is 2.10 bits per heavy atom. The molecule has 0 saturated carbocycles. The number of aryl methyl sites for hydroxylation is 1. The van der Waals surface area contributed by atoms with Crippen molar-refractivity contribution in [1.82, 2.24) is 14.9 Å². The third-order valence-corrected chi connectivity index (χ3v) is 6.15. The molecule has 1 aromatic heterocycles. The van der Waals surface area contributed by atoms with Gasteiger partial charge >= 0.3 is 0 Å². The molecule has 6 nitrogen and oxygen atoms in total. The fraction of sp³-hybridized carbons (Fsp3) is 0.692. The molecule has 2 N–H and O–H groups in total. The van der Waals surface area contributed by atoms with Crippen molar-refractivity contribution in [3.8, 4) is 0 Å². The second-order valence-corrected chi connectivity index (χ2v) is 8.09. The Hall–Kier alpha value is -0.510. The first-order valence-corrected chi connectivity index (χ1v) is 9.36. The maximum atomic E-state index is 12.3. The molecule has 1 aromatic rings. The molecule has 1 aliphatic rings. The molecule has 0 unspecified atom stereocenters. The molecular weight excluding hydrogens is 310 g/mol. The first-order chi connectivity index (χ1) is 10.0. The molecule has 120 valence electrons. The van der Waals surface area contributed by atoms with Gasteiger partial charge in [0.15, 0.2) is 0 Å². The first-order valence-electron chi connectivity index (χ1n) is 7.06. The van der Waals surface area contributed by atoms with Crippen LogP contribution in [0.5, 0.6) is 0 Å². The van der Waals surface area contributed by atoms with Crippen LogP contribution in [0.4, 0.5) is 0 Å². The van der Waals surface area contributed by atoms with E-state index in [9.17, 15) is 8.42 Å². The minimum Gasteiger partial charge on any atom is -0.379 e. The highest BCUT2D eigenvalue weighted by Crippen LogP contribution is 2.25. The SMILES string of the molecule is CNCc1cc(S(=O)(=O)NCCN2CCOCC2)c(C)s1. The lowest BCUT2D eigenvalue weighted by Crippen LogP contribution is -2.41. The average Bonchev–Trinajstić information content (AvgIpc) is 2.82. The molecule has 0 amide bonds. The summed E-state index contributed by atoms with van der Waals surface area (Å²) < 4.78 is 32.7. The fourth-order valence-electron chi connectivity index (χ4n) is 2.29. The van der Waals surface area contributed by atoms with Crippen molar-refractivity contribution in [2.45, 2.75) is 18.4 Å². The zero-order valence-electron chi connectivity index (χ0n) is 12.5. The van der Waals surface area contributed by atoms with Crippen molar-refractivity contribution in [3.05, 3.63) is 15.8 Å². The van der Waals surface area contributed by atoms with Crippen LogP contribution in [-0.4, -0.2) is 59.8 Å². The zero-order chi connectivity index (χ0) is 15.3. The van der Waals surface area contributed by atoms with Gasteiger partial charge in [-0.3, -0.25) is 4.90 Å². The summed E-state index contributed by atoms with van der Waals surface area (Å²) in [6.07, 6.45) is 0. The van der Waals surface area contributed by atoms with Crippen LogP contribution in [0.2, 0.25) is 0 Å². The molecule has 0 bridgehead atoms. The maximum absolute atomic E-state index is 12.3. The topological polar surface area (TPSA) is 70.7 Å². The van der Waals surface area contributed by atoms with Crippen LogP contribution in [0.3, 0.4) is 0 Å². The summed E-state index contributed by atoms with van der Waals surface area (Å²) in [6, 6.07) is 1.76. The van der Waals surface area contributed by atoms with Gasteiger partial charge in [0.1, 0.15) is 0 Å². The lowest BCUT2D eigenvalue weighted by Gasteiger charge is -2.26. The molecule has 0 radical (unpaired) electrons. The number of nitrogens with one attached hydrogen (secondary N) is 2. The lowest BCUT2D eigenvalue weighted by molar-refractivity contribution is 0.0390. The molecule has 0 aromatic carbocycles. The summed E-state index contributed by atoms with van der Waals surface area (Å²) in [5, 5.41) is 3.04. The molecule has 1 fully saturated rings. The third kappa shape index (κ3) is 4.73. The summed E-state index contributed by atoms with van der Waals surface area (Å²) in [5.41, 5.74) is 0. The lowest BCUT2D eigenvalue weighted by atomic mass is 10.4. The minimum absolute atomic E-state index is 0.403. The number of ether oxygens (including phenoxy) is 1. The van der Waals surface area contributed by atoms with Crippen molar-refractivity contribution >= 4 is 21.4 Å². The Labute approximate surface area is 130 Å². The zero-order valence-corrected chi connectivity index (χ0v) is 14.1. The van der Waals surface area contributed by atoms with E-state index in [1.54, 1.807) is 6.07 Å². The molecule has 2 rings (SSSR count). The van der Waals surface area contributed by atoms with E-state index in [2.05, 4.69) is 14.9 Å². The van der Waals surface area contributed by atoms with Gasteiger partial charge in [0, 0.05) is 42.5 Å². The van der Waals surface area contributed by atoms with E-state index < -0.39 is 10.0 Å². The van der Waals surface area contributed by atoms with Gasteiger partial charge in [-0.05, 0) is 20.0 Å². The molecule has 1 saturated heterocycles. The Kier molecular flexibility index (Phi) is 6.15. The van der Waals surface area contributed by atoms with Crippen LogP contribution in [0, 0.1) is 6.92 Å². The van der Waals surface area contributed by atoms with Crippen molar-refractivity contribution in [2.75, 3.05) is 46.4 Å². The minimum atomic E-state index is -3.41. The van der Waals surface area contributed by atoms with E-state index >= 15 is 0 Å². The molecular formula is C13H23N3O3S2. The summed E-state index contributed by atoms with van der Waals surface area (Å²) >= 11 is 1.52. The predicted molar refractivity (Wildman–Crippen MR) is 84.3 cm³/mol. The van der Waals surface area contributed by atoms with Crippen LogP contribution in [0.15, 0.2) is 11.0 Å². The summed E-state index contributed by atoms with van der Waals surface area (Å²) in [7, 11) is -1.56. The third-order valence-electron chi connectivity index (χ3n) is 3.39. The molecule has 0 aliphatic carbocycles. The standard InChI is InChI=1S/C13H23N3O3S2/c1-11-13(9-12(20-11)10-14-2)21(17,18)15-3-4-16-5-7-19-8-6-16/h9,14-15H,3-8,10H2,1-2H3. The Bertz CT molecular complexity index is 551. The number of thiophene rings is 1. The predicted octanol–water partition coefficient (Wildman–Crippen LogP) is 0.386. The van der Waals surface area contributed by atoms with Crippen LogP contribution < -0.4 is 10.0 Å². The van der Waals surface area contributed by atoms with Crippen LogP contribution in [0.25, 0.3) is 0 Å². The maximum Gasteiger partial charge on any atom is 0.241 e. The van der Waals surface area contributed by atoms with E-state index in [-0.39, 0.29) is 0 Å². The largest absolute Gasteiger partial charge is 0.379 e. The van der Waals surface area contributed by atoms with Crippen LogP contribution in [-0.2, 0) is 21.3 Å². The van der Waals surface area contributed by atoms with Crippen LogP contribution in [0.1, 0.15) is 9.75 Å². The van der Waals surface area contributed by atoms with E-state index in [0.717, 1.165) is 42.6 Å². The fourth-order valence-corrected chi connectivity index (χ4v) is 4.96. The highest BCUT2D eigenvalue weighted by molar-refractivity contribution is 7.89. The van der Waals surface area contributed by atoms with Gasteiger partial charge in [0.2, 0.25) is 10.0 Å². The van der Waals surface area contributed by atoms with Crippen molar-refractivity contribution < 1.29 is 13.2 Å². The van der Waals surface area contributed by atoms with Gasteiger partial charge in [-0.2, -0.15) is 0 Å². The van der Waals surface area contributed by atoms with Crippen molar-refractivity contribution in [3.63, 3.8) is 0 Å². The number of sulfonamides is 1. The molecule has 1 aliphatic heterocycles. The highest BCUT2D eigenvalue weighted by Gasteiger charge is 2.20. The molecule has 0 atom stereocenters. The number of nitrogens with zero attached hydrogens (tertiary/aromatic N) is 1. The first kappa shape index (κ1) is 16.9. The number of hydrogen-bond donors (Lipinski definition) is 2. The van der Waals surface area contributed by atoms with Gasteiger partial charge < -0.3 is 10.1 Å². The van der Waals surface area contributed by atoms with Gasteiger partial charge in [-0.1, -0.05) is 0 Å². The van der Waals surface area contributed by atoms with E-state index in [1.165, 1.54) is 11.3 Å². The smallest absolute Gasteiger partial charge is 0.241 e. The van der Waals surface area contributed by atoms with E-state index in [0.29, 0.717) is 18.0 Å². The van der Waals surface area contributed by atoms with Gasteiger partial charge in [-0.15, -0.1) is 11.3 Å². The van der Waals surface area contributed by atoms with Crippen molar-refractivity contribution in [1.29, 1.82) is 0 Å². The number of rotatable bonds is 7. The quantitative estimate of drug-likeness (QED) is 0.755. The summed E-state index contributed by atoms with van der Waals surface area (Å²) in [4.78, 5) is 4.47. The average molecular weight is 333 g/mol. The molecule has 21 heavy (non-hydrogen) atoms. The van der Waals surface area contributed by atoms with Crippen LogP contribution >= 0.6 is 11.3 Å². The number of hydrogen-bond acceptors (Lipinski definition) is 6. The number of morpholine rings is 1. The Morgan fingerprint density at radius 1 is 1.38 bits per heavy atom. The Morgan fingerprint density at radius 3 is 2.76 bits per heavy atom. The molecule has 8 heteroatoms. The van der Waals surface area contributed by atoms with Gasteiger partial charge in [0.05, 0.1) is 18.1 Å². The summed E-state index contributed by atoms with van der Waals surface area (Å²) in [5.74, 6) is 0.